The number of rotatable bonds is 8. The molecule has 1 aliphatic rings. The largest absolute Gasteiger partial charge is 0.454 e. The fraction of sp³-hybridized carbons (Fsp3) is 0.474. The van der Waals surface area contributed by atoms with Crippen molar-refractivity contribution in [2.75, 3.05) is 18.5 Å². The van der Waals surface area contributed by atoms with Gasteiger partial charge in [0.2, 0.25) is 0 Å². The molecule has 28 heavy (non-hydrogen) atoms. The molecule has 1 fully saturated rings. The van der Waals surface area contributed by atoms with Crippen LogP contribution in [-0.4, -0.2) is 47.4 Å². The van der Waals surface area contributed by atoms with Crippen LogP contribution in [0.15, 0.2) is 24.3 Å². The van der Waals surface area contributed by atoms with Crippen molar-refractivity contribution in [1.29, 1.82) is 0 Å². The van der Waals surface area contributed by atoms with Crippen LogP contribution >= 0.6 is 11.6 Å². The first kappa shape index (κ1) is 21.7. The quantitative estimate of drug-likeness (QED) is 0.507. The smallest absolute Gasteiger partial charge is 0.326 e. The Labute approximate surface area is 168 Å². The van der Waals surface area contributed by atoms with Crippen molar-refractivity contribution in [3.05, 3.63) is 29.3 Å². The highest BCUT2D eigenvalue weighted by atomic mass is 35.5. The summed E-state index contributed by atoms with van der Waals surface area (Å²) in [7, 11) is 0. The Morgan fingerprint density at radius 1 is 1.29 bits per heavy atom. The van der Waals surface area contributed by atoms with Gasteiger partial charge in [-0.05, 0) is 37.8 Å². The first-order valence-electron chi connectivity index (χ1n) is 8.96. The van der Waals surface area contributed by atoms with Gasteiger partial charge in [-0.3, -0.25) is 19.3 Å². The number of nitrogens with zero attached hydrogens (tertiary/aromatic N) is 1. The average molecular weight is 410 g/mol. The number of carbonyl (C=O) groups is 4. The van der Waals surface area contributed by atoms with Gasteiger partial charge in [-0.25, -0.2) is 4.79 Å². The predicted octanol–water partition coefficient (Wildman–Crippen LogP) is 2.57. The number of benzene rings is 1. The first-order chi connectivity index (χ1) is 13.1. The minimum absolute atomic E-state index is 0.349. The molecule has 1 atom stereocenters. The second-order valence-corrected chi connectivity index (χ2v) is 7.68. The van der Waals surface area contributed by atoms with Crippen LogP contribution in [0.2, 0.25) is 5.02 Å². The Morgan fingerprint density at radius 3 is 2.61 bits per heavy atom. The number of urea groups is 1. The summed E-state index contributed by atoms with van der Waals surface area (Å²) in [4.78, 5) is 49.3. The number of hydrogen-bond acceptors (Lipinski definition) is 5. The van der Waals surface area contributed by atoms with Gasteiger partial charge in [0.05, 0.1) is 10.7 Å². The van der Waals surface area contributed by atoms with E-state index < -0.39 is 42.5 Å². The van der Waals surface area contributed by atoms with Crippen LogP contribution in [0, 0.1) is 5.92 Å². The van der Waals surface area contributed by atoms with E-state index in [1.165, 1.54) is 0 Å². The van der Waals surface area contributed by atoms with Gasteiger partial charge in [0.15, 0.2) is 6.61 Å². The molecule has 2 N–H and O–H groups in total. The number of halogens is 1. The van der Waals surface area contributed by atoms with Gasteiger partial charge in [-0.15, -0.1) is 0 Å². The second-order valence-electron chi connectivity index (χ2n) is 7.27. The van der Waals surface area contributed by atoms with E-state index in [0.717, 1.165) is 11.3 Å². The number of esters is 1. The van der Waals surface area contributed by atoms with Crippen molar-refractivity contribution in [2.45, 2.75) is 39.2 Å². The van der Waals surface area contributed by atoms with Crippen molar-refractivity contribution in [3.63, 3.8) is 0 Å². The molecule has 4 amide bonds. The van der Waals surface area contributed by atoms with E-state index in [9.17, 15) is 19.2 Å². The van der Waals surface area contributed by atoms with Crippen LogP contribution in [-0.2, 0) is 19.1 Å². The number of hydrogen-bond donors (Lipinski definition) is 2. The zero-order valence-corrected chi connectivity index (χ0v) is 16.8. The maximum atomic E-state index is 12.5. The highest BCUT2D eigenvalue weighted by molar-refractivity contribution is 6.33. The molecule has 0 aliphatic carbocycles. The summed E-state index contributed by atoms with van der Waals surface area (Å²) in [5.74, 6) is -1.54. The van der Waals surface area contributed by atoms with Crippen molar-refractivity contribution >= 4 is 41.1 Å². The van der Waals surface area contributed by atoms with Gasteiger partial charge in [0, 0.05) is 0 Å². The fourth-order valence-electron chi connectivity index (χ4n) is 2.71. The maximum Gasteiger partial charge on any atom is 0.326 e. The van der Waals surface area contributed by atoms with Crippen LogP contribution in [0.3, 0.4) is 0 Å². The fourth-order valence-corrected chi connectivity index (χ4v) is 2.89. The Kier molecular flexibility index (Phi) is 7.01. The predicted molar refractivity (Wildman–Crippen MR) is 104 cm³/mol. The van der Waals surface area contributed by atoms with Crippen molar-refractivity contribution in [1.82, 2.24) is 10.2 Å². The second kappa shape index (κ2) is 9.05. The third-order valence-corrected chi connectivity index (χ3v) is 4.70. The number of imide groups is 1. The molecule has 1 saturated heterocycles. The number of anilines is 1. The molecule has 8 nitrogen and oxygen atoms in total. The Balaban J connectivity index is 1.85. The topological polar surface area (TPSA) is 105 Å². The number of carbonyl (C=O) groups excluding carboxylic acids is 4. The van der Waals surface area contributed by atoms with Gasteiger partial charge in [-0.1, -0.05) is 37.6 Å². The summed E-state index contributed by atoms with van der Waals surface area (Å²) < 4.78 is 4.87. The van der Waals surface area contributed by atoms with E-state index in [-0.39, 0.29) is 0 Å². The molecule has 0 radical (unpaired) electrons. The van der Waals surface area contributed by atoms with Crippen LogP contribution in [0.5, 0.6) is 0 Å². The Morgan fingerprint density at radius 2 is 1.96 bits per heavy atom. The van der Waals surface area contributed by atoms with Gasteiger partial charge in [0.1, 0.15) is 12.1 Å². The molecular formula is C19H24ClN3O5. The zero-order valence-electron chi connectivity index (χ0n) is 16.1. The third-order valence-electron chi connectivity index (χ3n) is 4.37. The van der Waals surface area contributed by atoms with E-state index in [2.05, 4.69) is 10.6 Å². The summed E-state index contributed by atoms with van der Waals surface area (Å²) in [6, 6.07) is 5.98. The number of ether oxygens (including phenoxy) is 1. The summed E-state index contributed by atoms with van der Waals surface area (Å²) >= 11 is 5.94. The van der Waals surface area contributed by atoms with Gasteiger partial charge < -0.3 is 15.4 Å². The molecule has 0 bridgehead atoms. The zero-order chi connectivity index (χ0) is 20.9. The van der Waals surface area contributed by atoms with Gasteiger partial charge >= 0.3 is 12.0 Å². The normalized spacial score (nSPS) is 19.0. The van der Waals surface area contributed by atoms with Crippen molar-refractivity contribution < 1.29 is 23.9 Å². The standard InChI is InChI=1S/C19H24ClN3O5/c1-12(2)8-9-19(3)17(26)23(18(27)22-19)10-16(25)28-11-15(24)21-14-7-5-4-6-13(14)20/h4-7,12H,8-11H2,1-3H3,(H,21,24)(H,22,27)/t19-/m1/s1. The highest BCUT2D eigenvalue weighted by Crippen LogP contribution is 2.24. The summed E-state index contributed by atoms with van der Waals surface area (Å²) in [6.07, 6.45) is 1.23. The Bertz CT molecular complexity index is 783. The van der Waals surface area contributed by atoms with Crippen molar-refractivity contribution in [3.8, 4) is 0 Å². The molecule has 0 spiro atoms. The molecule has 0 unspecified atom stereocenters. The summed E-state index contributed by atoms with van der Waals surface area (Å²) in [5.41, 5.74) is -0.650. The molecule has 1 aliphatic heterocycles. The minimum atomic E-state index is -1.04. The van der Waals surface area contributed by atoms with Crippen LogP contribution in [0.4, 0.5) is 10.5 Å². The van der Waals surface area contributed by atoms with Crippen LogP contribution in [0.25, 0.3) is 0 Å². The van der Waals surface area contributed by atoms with E-state index in [1.807, 2.05) is 13.8 Å². The monoisotopic (exact) mass is 409 g/mol. The third kappa shape index (κ3) is 5.45. The maximum absolute atomic E-state index is 12.5. The summed E-state index contributed by atoms with van der Waals surface area (Å²) in [5, 5.41) is 5.49. The summed E-state index contributed by atoms with van der Waals surface area (Å²) in [6.45, 7) is 4.57. The van der Waals surface area contributed by atoms with E-state index in [4.69, 9.17) is 16.3 Å². The lowest BCUT2D eigenvalue weighted by Crippen LogP contribution is -2.44. The molecule has 0 aromatic heterocycles. The molecule has 1 aromatic carbocycles. The van der Waals surface area contributed by atoms with Crippen molar-refractivity contribution in [2.24, 2.45) is 5.92 Å². The first-order valence-corrected chi connectivity index (χ1v) is 9.34. The van der Waals surface area contributed by atoms with E-state index in [1.54, 1.807) is 31.2 Å². The lowest BCUT2D eigenvalue weighted by Gasteiger charge is -2.22. The lowest BCUT2D eigenvalue weighted by molar-refractivity contribution is -0.150. The number of nitrogens with one attached hydrogen (secondary N) is 2. The SMILES string of the molecule is CC(C)CC[C@@]1(C)NC(=O)N(CC(=O)OCC(=O)Nc2ccccc2Cl)C1=O. The molecular weight excluding hydrogens is 386 g/mol. The molecule has 2 rings (SSSR count). The lowest BCUT2D eigenvalue weighted by atomic mass is 9.92. The molecule has 1 aromatic rings. The van der Waals surface area contributed by atoms with E-state index >= 15 is 0 Å². The molecule has 1 heterocycles. The van der Waals surface area contributed by atoms with Gasteiger partial charge in [-0.2, -0.15) is 0 Å². The number of para-hydroxylation sites is 1. The number of amides is 4. The minimum Gasteiger partial charge on any atom is -0.454 e. The van der Waals surface area contributed by atoms with Gasteiger partial charge in [0.25, 0.3) is 11.8 Å². The molecule has 152 valence electrons. The molecule has 9 heteroatoms. The highest BCUT2D eigenvalue weighted by Gasteiger charge is 2.48. The Hall–Kier alpha value is -2.61. The van der Waals surface area contributed by atoms with E-state index in [0.29, 0.717) is 23.0 Å². The van der Waals surface area contributed by atoms with Crippen LogP contribution < -0.4 is 10.6 Å². The van der Waals surface area contributed by atoms with Crippen LogP contribution in [0.1, 0.15) is 33.6 Å². The molecule has 0 saturated carbocycles. The average Bonchev–Trinajstić information content (AvgIpc) is 2.84.